The van der Waals surface area contributed by atoms with Crippen LogP contribution in [-0.4, -0.2) is 38.2 Å². The maximum Gasteiger partial charge on any atom is 0.251 e. The number of carbonyl (C=O) groups is 3. The molecule has 1 aliphatic carbocycles. The van der Waals surface area contributed by atoms with Crippen LogP contribution in [0.3, 0.4) is 0 Å². The molecule has 166 valence electrons. The van der Waals surface area contributed by atoms with Crippen LogP contribution in [0.1, 0.15) is 40.0 Å². The summed E-state index contributed by atoms with van der Waals surface area (Å²) < 4.78 is 1.82. The van der Waals surface area contributed by atoms with Crippen LogP contribution in [-0.2, 0) is 22.4 Å². The molecule has 0 saturated heterocycles. The van der Waals surface area contributed by atoms with E-state index < -0.39 is 5.91 Å². The van der Waals surface area contributed by atoms with Crippen LogP contribution in [0, 0.1) is 6.92 Å². The number of hydrogen-bond donors (Lipinski definition) is 3. The Morgan fingerprint density at radius 1 is 1.22 bits per heavy atom. The van der Waals surface area contributed by atoms with E-state index in [1.807, 2.05) is 29.7 Å². The number of benzene rings is 1. The van der Waals surface area contributed by atoms with Gasteiger partial charge < -0.3 is 16.4 Å². The number of thioether (sulfide) groups is 1. The minimum atomic E-state index is -0.512. The monoisotopic (exact) mass is 470 g/mol. The zero-order valence-electron chi connectivity index (χ0n) is 17.6. The average Bonchev–Trinajstić information content (AvgIpc) is 3.40. The Morgan fingerprint density at radius 2 is 2.03 bits per heavy atom. The Labute approximate surface area is 192 Å². The maximum atomic E-state index is 12.6. The van der Waals surface area contributed by atoms with Crippen molar-refractivity contribution >= 4 is 51.5 Å². The SMILES string of the molecule is CC(=O)Nc1cccc(-n2c(C)nnc2SCC(=O)Nc2sc3c(c2C(N)=O)CCC3)c1. The van der Waals surface area contributed by atoms with Gasteiger partial charge in [-0.25, -0.2) is 0 Å². The molecule has 1 aliphatic rings. The number of thiophene rings is 1. The van der Waals surface area contributed by atoms with Crippen molar-refractivity contribution in [2.45, 2.75) is 38.3 Å². The van der Waals surface area contributed by atoms with Crippen LogP contribution in [0.4, 0.5) is 10.7 Å². The normalized spacial score (nSPS) is 12.4. The Kier molecular flexibility index (Phi) is 6.28. The number of fused-ring (bicyclic) bond motifs is 1. The molecule has 1 aromatic carbocycles. The van der Waals surface area contributed by atoms with Crippen molar-refractivity contribution < 1.29 is 14.4 Å². The Hall–Kier alpha value is -3.18. The number of amides is 3. The fraction of sp³-hybridized carbons (Fsp3) is 0.286. The molecule has 0 aliphatic heterocycles. The third kappa shape index (κ3) is 4.53. The minimum Gasteiger partial charge on any atom is -0.365 e. The van der Waals surface area contributed by atoms with Crippen LogP contribution < -0.4 is 16.4 Å². The van der Waals surface area contributed by atoms with Crippen LogP contribution in [0.5, 0.6) is 0 Å². The number of hydrogen-bond acceptors (Lipinski definition) is 7. The van der Waals surface area contributed by atoms with Crippen molar-refractivity contribution in [2.24, 2.45) is 5.73 Å². The molecule has 0 unspecified atom stereocenters. The number of aryl methyl sites for hydroxylation is 2. The first-order valence-corrected chi connectivity index (χ1v) is 11.8. The summed E-state index contributed by atoms with van der Waals surface area (Å²) in [5.41, 5.74) is 8.40. The summed E-state index contributed by atoms with van der Waals surface area (Å²) in [5.74, 6) is -0.189. The van der Waals surface area contributed by atoms with E-state index in [2.05, 4.69) is 20.8 Å². The van der Waals surface area contributed by atoms with E-state index in [0.29, 0.717) is 27.2 Å². The van der Waals surface area contributed by atoms with Crippen LogP contribution in [0.2, 0.25) is 0 Å². The zero-order valence-corrected chi connectivity index (χ0v) is 19.2. The standard InChI is InChI=1S/C21H22N6O3S2/c1-11-25-26-21(27(11)14-6-3-5-13(9-14)23-12(2)28)31-10-17(29)24-20-18(19(22)30)15-7-4-8-16(15)32-20/h3,5-6,9H,4,7-8,10H2,1-2H3,(H2,22,30)(H,23,28)(H,24,29). The molecule has 3 aromatic rings. The lowest BCUT2D eigenvalue weighted by Crippen LogP contribution is -2.19. The number of aromatic nitrogens is 3. The molecule has 4 N–H and O–H groups in total. The van der Waals surface area contributed by atoms with Crippen molar-refractivity contribution in [1.29, 1.82) is 0 Å². The summed E-state index contributed by atoms with van der Waals surface area (Å²) in [6, 6.07) is 7.30. The highest BCUT2D eigenvalue weighted by molar-refractivity contribution is 7.99. The van der Waals surface area contributed by atoms with E-state index in [1.54, 1.807) is 6.07 Å². The average molecular weight is 471 g/mol. The predicted octanol–water partition coefficient (Wildman–Crippen LogP) is 2.91. The molecule has 0 fully saturated rings. The highest BCUT2D eigenvalue weighted by Crippen LogP contribution is 2.39. The van der Waals surface area contributed by atoms with Crippen molar-refractivity contribution in [3.05, 3.63) is 46.1 Å². The van der Waals surface area contributed by atoms with Gasteiger partial charge in [-0.1, -0.05) is 17.8 Å². The Bertz CT molecular complexity index is 1220. The predicted molar refractivity (Wildman–Crippen MR) is 125 cm³/mol. The van der Waals surface area contributed by atoms with Crippen LogP contribution >= 0.6 is 23.1 Å². The number of primary amides is 1. The summed E-state index contributed by atoms with van der Waals surface area (Å²) in [6.07, 6.45) is 2.73. The van der Waals surface area contributed by atoms with E-state index in [0.717, 1.165) is 35.4 Å². The molecule has 4 rings (SSSR count). The molecule has 9 nitrogen and oxygen atoms in total. The first-order chi connectivity index (χ1) is 15.3. The van der Waals surface area contributed by atoms with Gasteiger partial charge in [-0.15, -0.1) is 21.5 Å². The van der Waals surface area contributed by atoms with Crippen molar-refractivity contribution in [3.8, 4) is 5.69 Å². The van der Waals surface area contributed by atoms with E-state index >= 15 is 0 Å². The highest BCUT2D eigenvalue weighted by Gasteiger charge is 2.26. The molecule has 32 heavy (non-hydrogen) atoms. The number of nitrogens with zero attached hydrogens (tertiary/aromatic N) is 3. The summed E-state index contributed by atoms with van der Waals surface area (Å²) in [7, 11) is 0. The second-order valence-electron chi connectivity index (χ2n) is 7.36. The highest BCUT2D eigenvalue weighted by atomic mass is 32.2. The molecule has 0 saturated carbocycles. The minimum absolute atomic E-state index is 0.0876. The van der Waals surface area contributed by atoms with Gasteiger partial charge >= 0.3 is 0 Å². The van der Waals surface area contributed by atoms with Gasteiger partial charge in [0.05, 0.1) is 17.0 Å². The fourth-order valence-electron chi connectivity index (χ4n) is 3.71. The molecular formula is C21H22N6O3S2. The number of anilines is 2. The van der Waals surface area contributed by atoms with Gasteiger partial charge in [0.15, 0.2) is 5.16 Å². The van der Waals surface area contributed by atoms with Gasteiger partial charge in [-0.3, -0.25) is 19.0 Å². The smallest absolute Gasteiger partial charge is 0.251 e. The Balaban J connectivity index is 1.49. The fourth-order valence-corrected chi connectivity index (χ4v) is 5.81. The molecular weight excluding hydrogens is 448 g/mol. The topological polar surface area (TPSA) is 132 Å². The molecule has 2 aromatic heterocycles. The van der Waals surface area contributed by atoms with E-state index in [9.17, 15) is 14.4 Å². The van der Waals surface area contributed by atoms with Gasteiger partial charge in [0.1, 0.15) is 10.8 Å². The van der Waals surface area contributed by atoms with Gasteiger partial charge in [-0.2, -0.15) is 0 Å². The lowest BCUT2D eigenvalue weighted by atomic mass is 10.1. The maximum absolute atomic E-state index is 12.6. The molecule has 11 heteroatoms. The van der Waals surface area contributed by atoms with E-state index in [-0.39, 0.29) is 17.6 Å². The molecule has 2 heterocycles. The first-order valence-electron chi connectivity index (χ1n) is 10.0. The molecule has 0 spiro atoms. The summed E-state index contributed by atoms with van der Waals surface area (Å²) in [5, 5.41) is 15.0. The summed E-state index contributed by atoms with van der Waals surface area (Å²) in [4.78, 5) is 37.0. The van der Waals surface area contributed by atoms with Gasteiger partial charge in [-0.05, 0) is 49.9 Å². The van der Waals surface area contributed by atoms with Crippen molar-refractivity contribution in [2.75, 3.05) is 16.4 Å². The van der Waals surface area contributed by atoms with E-state index in [1.165, 1.54) is 30.0 Å². The number of nitrogens with one attached hydrogen (secondary N) is 2. The number of rotatable bonds is 7. The van der Waals surface area contributed by atoms with E-state index in [4.69, 9.17) is 5.73 Å². The van der Waals surface area contributed by atoms with Crippen LogP contribution in [0.25, 0.3) is 5.69 Å². The first kappa shape index (κ1) is 22.0. The quantitative estimate of drug-likeness (QED) is 0.455. The van der Waals surface area contributed by atoms with Crippen molar-refractivity contribution in [3.63, 3.8) is 0 Å². The largest absolute Gasteiger partial charge is 0.365 e. The lowest BCUT2D eigenvalue weighted by Gasteiger charge is -2.10. The van der Waals surface area contributed by atoms with Gasteiger partial charge in [0, 0.05) is 17.5 Å². The van der Waals surface area contributed by atoms with Crippen LogP contribution in [0.15, 0.2) is 29.4 Å². The number of carbonyl (C=O) groups excluding carboxylic acids is 3. The van der Waals surface area contributed by atoms with Gasteiger partial charge in [0.2, 0.25) is 11.8 Å². The molecule has 3 amide bonds. The van der Waals surface area contributed by atoms with Crippen molar-refractivity contribution in [1.82, 2.24) is 14.8 Å². The summed E-state index contributed by atoms with van der Waals surface area (Å²) >= 11 is 2.66. The number of nitrogens with two attached hydrogens (primary N) is 1. The zero-order chi connectivity index (χ0) is 22.8. The molecule has 0 bridgehead atoms. The third-order valence-corrected chi connectivity index (χ3v) is 7.11. The van der Waals surface area contributed by atoms with Gasteiger partial charge in [0.25, 0.3) is 5.91 Å². The summed E-state index contributed by atoms with van der Waals surface area (Å²) in [6.45, 7) is 3.26. The Morgan fingerprint density at radius 3 is 2.78 bits per heavy atom. The molecule has 0 radical (unpaired) electrons. The molecule has 0 atom stereocenters. The second kappa shape index (κ2) is 9.13. The lowest BCUT2D eigenvalue weighted by molar-refractivity contribution is -0.114. The third-order valence-electron chi connectivity index (χ3n) is 4.97. The second-order valence-corrected chi connectivity index (χ2v) is 9.41.